The van der Waals surface area contributed by atoms with Gasteiger partial charge in [0, 0.05) is 12.3 Å². The fourth-order valence-electron chi connectivity index (χ4n) is 2.09. The molecule has 17 heavy (non-hydrogen) atoms. The van der Waals surface area contributed by atoms with Crippen molar-refractivity contribution in [1.82, 2.24) is 0 Å². The molecule has 0 aliphatic carbocycles. The molecule has 4 nitrogen and oxygen atoms in total. The topological polar surface area (TPSA) is 58.6 Å². The second-order valence-electron chi connectivity index (χ2n) is 4.47. The number of hydrogen-bond donors (Lipinski definition) is 2. The Hall–Kier alpha value is -1.55. The molecular formula is C13H17NO3. The van der Waals surface area contributed by atoms with E-state index in [-0.39, 0.29) is 12.1 Å². The lowest BCUT2D eigenvalue weighted by Crippen LogP contribution is -2.27. The van der Waals surface area contributed by atoms with Gasteiger partial charge in [-0.05, 0) is 38.0 Å². The third-order valence-electron chi connectivity index (χ3n) is 3.12. The number of carbonyl (C=O) groups is 1. The van der Waals surface area contributed by atoms with E-state index >= 15 is 0 Å². The molecule has 0 spiro atoms. The van der Waals surface area contributed by atoms with Crippen molar-refractivity contribution >= 4 is 11.7 Å². The van der Waals surface area contributed by atoms with Crippen LogP contribution in [-0.4, -0.2) is 29.8 Å². The van der Waals surface area contributed by atoms with Gasteiger partial charge < -0.3 is 15.2 Å². The van der Waals surface area contributed by atoms with Crippen LogP contribution >= 0.6 is 0 Å². The summed E-state index contributed by atoms with van der Waals surface area (Å²) >= 11 is 0. The van der Waals surface area contributed by atoms with Gasteiger partial charge in [-0.15, -0.1) is 0 Å². The summed E-state index contributed by atoms with van der Waals surface area (Å²) in [6, 6.07) is 5.51. The van der Waals surface area contributed by atoms with Crippen LogP contribution in [0.15, 0.2) is 18.2 Å². The Labute approximate surface area is 101 Å². The molecular weight excluding hydrogens is 218 g/mol. The van der Waals surface area contributed by atoms with Gasteiger partial charge in [-0.1, -0.05) is 6.07 Å². The normalized spacial score (nSPS) is 23.6. The molecule has 2 N–H and O–H groups in total. The summed E-state index contributed by atoms with van der Waals surface area (Å²) in [5.74, 6) is -0.904. The zero-order valence-electron chi connectivity index (χ0n) is 10.1. The summed E-state index contributed by atoms with van der Waals surface area (Å²) in [6.07, 6.45) is 1.03. The molecule has 1 saturated heterocycles. The van der Waals surface area contributed by atoms with Crippen LogP contribution in [0.25, 0.3) is 0 Å². The predicted molar refractivity (Wildman–Crippen MR) is 65.6 cm³/mol. The maximum Gasteiger partial charge on any atom is 0.337 e. The molecule has 0 bridgehead atoms. The summed E-state index contributed by atoms with van der Waals surface area (Å²) in [6.45, 7) is 4.68. The number of benzene rings is 1. The first-order valence-electron chi connectivity index (χ1n) is 5.80. The van der Waals surface area contributed by atoms with Crippen molar-refractivity contribution in [2.24, 2.45) is 0 Å². The van der Waals surface area contributed by atoms with Crippen LogP contribution in [0.1, 0.15) is 29.3 Å². The van der Waals surface area contributed by atoms with E-state index in [1.54, 1.807) is 6.07 Å². The fourth-order valence-corrected chi connectivity index (χ4v) is 2.09. The van der Waals surface area contributed by atoms with E-state index in [0.29, 0.717) is 11.3 Å². The quantitative estimate of drug-likeness (QED) is 0.843. The van der Waals surface area contributed by atoms with Crippen molar-refractivity contribution in [2.75, 3.05) is 11.9 Å². The summed E-state index contributed by atoms with van der Waals surface area (Å²) in [5.41, 5.74) is 2.04. The minimum atomic E-state index is -0.904. The van der Waals surface area contributed by atoms with Gasteiger partial charge in [-0.2, -0.15) is 0 Å². The van der Waals surface area contributed by atoms with Crippen molar-refractivity contribution < 1.29 is 14.6 Å². The second kappa shape index (κ2) is 4.75. The maximum atomic E-state index is 11.1. The minimum Gasteiger partial charge on any atom is -0.478 e. The Morgan fingerprint density at radius 3 is 2.88 bits per heavy atom. The smallest absolute Gasteiger partial charge is 0.337 e. The van der Waals surface area contributed by atoms with Crippen LogP contribution in [0, 0.1) is 6.92 Å². The summed E-state index contributed by atoms with van der Waals surface area (Å²) < 4.78 is 5.46. The van der Waals surface area contributed by atoms with Crippen molar-refractivity contribution in [1.29, 1.82) is 0 Å². The first-order valence-corrected chi connectivity index (χ1v) is 5.80. The lowest BCUT2D eigenvalue weighted by atomic mass is 10.1. The van der Waals surface area contributed by atoms with E-state index < -0.39 is 5.97 Å². The first kappa shape index (κ1) is 11.9. The van der Waals surface area contributed by atoms with Crippen LogP contribution < -0.4 is 5.32 Å². The van der Waals surface area contributed by atoms with E-state index in [1.165, 1.54) is 0 Å². The molecule has 1 fully saturated rings. The van der Waals surface area contributed by atoms with E-state index in [1.807, 2.05) is 26.0 Å². The molecule has 1 aliphatic rings. The monoisotopic (exact) mass is 235 g/mol. The number of nitrogens with one attached hydrogen (secondary N) is 1. The number of aryl methyl sites for hydroxylation is 1. The molecule has 2 atom stereocenters. The van der Waals surface area contributed by atoms with Crippen LogP contribution in [0.5, 0.6) is 0 Å². The lowest BCUT2D eigenvalue weighted by Gasteiger charge is -2.19. The van der Waals surface area contributed by atoms with Gasteiger partial charge in [0.2, 0.25) is 0 Å². The highest BCUT2D eigenvalue weighted by atomic mass is 16.5. The molecule has 92 valence electrons. The van der Waals surface area contributed by atoms with Gasteiger partial charge in [0.1, 0.15) is 0 Å². The van der Waals surface area contributed by atoms with Crippen LogP contribution in [0.4, 0.5) is 5.69 Å². The van der Waals surface area contributed by atoms with Crippen LogP contribution in [0.3, 0.4) is 0 Å². The zero-order valence-corrected chi connectivity index (χ0v) is 10.1. The summed E-state index contributed by atoms with van der Waals surface area (Å²) in [7, 11) is 0. The highest BCUT2D eigenvalue weighted by molar-refractivity contribution is 5.94. The van der Waals surface area contributed by atoms with Crippen molar-refractivity contribution in [3.05, 3.63) is 29.3 Å². The fraction of sp³-hybridized carbons (Fsp3) is 0.462. The molecule has 1 heterocycles. The molecule has 4 heteroatoms. The van der Waals surface area contributed by atoms with E-state index in [0.717, 1.165) is 18.6 Å². The zero-order chi connectivity index (χ0) is 12.4. The largest absolute Gasteiger partial charge is 0.478 e. The number of aromatic carboxylic acids is 1. The van der Waals surface area contributed by atoms with Crippen molar-refractivity contribution in [2.45, 2.75) is 32.4 Å². The number of anilines is 1. The molecule has 1 aromatic carbocycles. The molecule has 1 aromatic rings. The average molecular weight is 235 g/mol. The Bertz CT molecular complexity index is 431. The SMILES string of the molecule is Cc1ccc(C(=O)O)c(NC2CCOC2C)c1. The molecule has 0 saturated carbocycles. The number of hydrogen-bond acceptors (Lipinski definition) is 3. The highest BCUT2D eigenvalue weighted by Gasteiger charge is 2.25. The number of carboxylic acids is 1. The van der Waals surface area contributed by atoms with Gasteiger partial charge in [0.05, 0.1) is 17.7 Å². The number of ether oxygens (including phenoxy) is 1. The molecule has 0 amide bonds. The van der Waals surface area contributed by atoms with Crippen LogP contribution in [0.2, 0.25) is 0 Å². The average Bonchev–Trinajstić information content (AvgIpc) is 2.64. The van der Waals surface area contributed by atoms with Crippen LogP contribution in [-0.2, 0) is 4.74 Å². The van der Waals surface area contributed by atoms with Crippen molar-refractivity contribution in [3.63, 3.8) is 0 Å². The lowest BCUT2D eigenvalue weighted by molar-refractivity contribution is 0.0697. The molecule has 2 unspecified atom stereocenters. The molecule has 2 rings (SSSR count). The van der Waals surface area contributed by atoms with E-state index in [9.17, 15) is 4.79 Å². The first-order chi connectivity index (χ1) is 8.08. The number of rotatable bonds is 3. The standard InChI is InChI=1S/C13H17NO3/c1-8-3-4-10(13(15)16)12(7-8)14-11-5-6-17-9(11)2/h3-4,7,9,11,14H,5-6H2,1-2H3,(H,15,16). The van der Waals surface area contributed by atoms with Crippen molar-refractivity contribution in [3.8, 4) is 0 Å². The van der Waals surface area contributed by atoms with Gasteiger partial charge in [0.25, 0.3) is 0 Å². The Balaban J connectivity index is 2.24. The summed E-state index contributed by atoms with van der Waals surface area (Å²) in [4.78, 5) is 11.1. The summed E-state index contributed by atoms with van der Waals surface area (Å²) in [5, 5.41) is 12.4. The van der Waals surface area contributed by atoms with Gasteiger partial charge in [-0.25, -0.2) is 4.79 Å². The maximum absolute atomic E-state index is 11.1. The second-order valence-corrected chi connectivity index (χ2v) is 4.47. The third kappa shape index (κ3) is 2.58. The molecule has 1 aliphatic heterocycles. The van der Waals surface area contributed by atoms with Gasteiger partial charge in [-0.3, -0.25) is 0 Å². The number of carboxylic acid groups (broad SMARTS) is 1. The van der Waals surface area contributed by atoms with Gasteiger partial charge in [0.15, 0.2) is 0 Å². The minimum absolute atomic E-state index is 0.122. The Morgan fingerprint density at radius 1 is 1.53 bits per heavy atom. The van der Waals surface area contributed by atoms with Gasteiger partial charge >= 0.3 is 5.97 Å². The van der Waals surface area contributed by atoms with E-state index in [4.69, 9.17) is 9.84 Å². The predicted octanol–water partition coefficient (Wildman–Crippen LogP) is 2.28. The molecule has 0 radical (unpaired) electrons. The Kier molecular flexibility index (Phi) is 3.33. The highest BCUT2D eigenvalue weighted by Crippen LogP contribution is 2.23. The Morgan fingerprint density at radius 2 is 2.29 bits per heavy atom. The molecule has 0 aromatic heterocycles. The van der Waals surface area contributed by atoms with E-state index in [2.05, 4.69) is 5.32 Å². The third-order valence-corrected chi connectivity index (χ3v) is 3.12.